The van der Waals surface area contributed by atoms with Crippen LogP contribution in [0, 0.1) is 5.82 Å². The Kier molecular flexibility index (Phi) is 6.98. The van der Waals surface area contributed by atoms with Crippen LogP contribution in [0.2, 0.25) is 5.02 Å². The van der Waals surface area contributed by atoms with Gasteiger partial charge >= 0.3 is 0 Å². The van der Waals surface area contributed by atoms with Crippen LogP contribution >= 0.6 is 11.6 Å². The van der Waals surface area contributed by atoms with Gasteiger partial charge in [-0.2, -0.15) is 5.10 Å². The van der Waals surface area contributed by atoms with Gasteiger partial charge in [0.1, 0.15) is 17.3 Å². The third-order valence-electron chi connectivity index (χ3n) is 6.32. The van der Waals surface area contributed by atoms with E-state index in [2.05, 4.69) is 20.7 Å². The Hall–Kier alpha value is -4.08. The first-order chi connectivity index (χ1) is 17.9. The monoisotopic (exact) mass is 518 g/mol. The fourth-order valence-corrected chi connectivity index (χ4v) is 4.49. The molecule has 1 atom stereocenters. The number of para-hydroxylation sites is 1. The molecule has 4 aromatic rings. The first-order valence-electron chi connectivity index (χ1n) is 11.8. The lowest BCUT2D eigenvalue weighted by Crippen LogP contribution is -2.38. The minimum absolute atomic E-state index is 0.0703. The summed E-state index contributed by atoms with van der Waals surface area (Å²) in [6.45, 7) is 1.57. The number of carbonyl (C=O) groups excluding carboxylic acids is 2. The number of likely N-dealkylation sites (N-methyl/N-ethyl adjacent to an activating group) is 1. The van der Waals surface area contributed by atoms with Gasteiger partial charge in [0, 0.05) is 37.5 Å². The van der Waals surface area contributed by atoms with E-state index >= 15 is 0 Å². The highest BCUT2D eigenvalue weighted by Crippen LogP contribution is 2.27. The van der Waals surface area contributed by atoms with Crippen molar-refractivity contribution in [1.29, 1.82) is 0 Å². The molecule has 1 saturated heterocycles. The number of halogens is 2. The smallest absolute Gasteiger partial charge is 0.274 e. The molecule has 2 N–H and O–H groups in total. The van der Waals surface area contributed by atoms with Crippen LogP contribution in [0.4, 0.5) is 10.2 Å². The summed E-state index contributed by atoms with van der Waals surface area (Å²) in [5, 5.41) is 10.8. The lowest BCUT2D eigenvalue weighted by atomic mass is 10.1. The Morgan fingerprint density at radius 2 is 1.95 bits per heavy atom. The van der Waals surface area contributed by atoms with Gasteiger partial charge in [0.15, 0.2) is 5.69 Å². The molecule has 2 aromatic heterocycles. The number of hydrogen-bond acceptors (Lipinski definition) is 5. The Labute approximate surface area is 218 Å². The van der Waals surface area contributed by atoms with E-state index in [-0.39, 0.29) is 33.9 Å². The highest BCUT2D eigenvalue weighted by molar-refractivity contribution is 6.34. The second kappa shape index (κ2) is 10.5. The molecule has 0 aliphatic carbocycles. The number of aromatic nitrogens is 3. The molecule has 1 fully saturated rings. The van der Waals surface area contributed by atoms with Crippen LogP contribution in [0.15, 0.2) is 72.9 Å². The van der Waals surface area contributed by atoms with Crippen LogP contribution in [0.25, 0.3) is 16.9 Å². The number of carbonyl (C=O) groups is 2. The molecule has 5 rings (SSSR count). The van der Waals surface area contributed by atoms with Crippen molar-refractivity contribution in [2.75, 3.05) is 25.5 Å². The summed E-state index contributed by atoms with van der Waals surface area (Å²) in [7, 11) is 1.75. The molecule has 8 nitrogen and oxygen atoms in total. The molecule has 10 heteroatoms. The molecule has 0 spiro atoms. The largest absolute Gasteiger partial charge is 0.336 e. The van der Waals surface area contributed by atoms with Crippen molar-refractivity contribution in [2.45, 2.75) is 12.5 Å². The first-order valence-corrected chi connectivity index (χ1v) is 12.2. The first kappa shape index (κ1) is 24.6. The van der Waals surface area contributed by atoms with Crippen molar-refractivity contribution in [3.05, 3.63) is 95.0 Å². The number of nitrogens with zero attached hydrogens (tertiary/aromatic N) is 4. The highest BCUT2D eigenvalue weighted by atomic mass is 35.5. The van der Waals surface area contributed by atoms with Crippen molar-refractivity contribution in [3.63, 3.8) is 0 Å². The quantitative estimate of drug-likeness (QED) is 0.394. The predicted molar refractivity (Wildman–Crippen MR) is 140 cm³/mol. The molecule has 1 aliphatic rings. The molecule has 1 unspecified atom stereocenters. The van der Waals surface area contributed by atoms with Crippen LogP contribution in [-0.2, 0) is 0 Å². The van der Waals surface area contributed by atoms with E-state index in [0.717, 1.165) is 19.5 Å². The second-order valence-electron chi connectivity index (χ2n) is 8.71. The lowest BCUT2D eigenvalue weighted by molar-refractivity contribution is 0.0737. The molecule has 0 saturated carbocycles. The maximum absolute atomic E-state index is 14.3. The van der Waals surface area contributed by atoms with Crippen molar-refractivity contribution >= 4 is 29.2 Å². The van der Waals surface area contributed by atoms with E-state index in [1.807, 2.05) is 30.3 Å². The number of pyridine rings is 1. The van der Waals surface area contributed by atoms with Crippen LogP contribution in [-0.4, -0.2) is 57.7 Å². The Bertz CT molecular complexity index is 1450. The minimum Gasteiger partial charge on any atom is -0.336 e. The summed E-state index contributed by atoms with van der Waals surface area (Å²) in [6.07, 6.45) is 2.33. The van der Waals surface area contributed by atoms with Crippen LogP contribution in [0.3, 0.4) is 0 Å². The molecule has 0 radical (unpaired) electrons. The molecule has 37 heavy (non-hydrogen) atoms. The van der Waals surface area contributed by atoms with Gasteiger partial charge in [-0.05, 0) is 49.4 Å². The summed E-state index contributed by atoms with van der Waals surface area (Å²) in [5.74, 6) is -0.997. The summed E-state index contributed by atoms with van der Waals surface area (Å²) >= 11 is 6.35. The van der Waals surface area contributed by atoms with Gasteiger partial charge in [0.05, 0.1) is 16.3 Å². The molecular formula is C27H24ClFN6O2. The minimum atomic E-state index is -0.535. The Balaban J connectivity index is 1.48. The maximum atomic E-state index is 14.3. The van der Waals surface area contributed by atoms with Crippen molar-refractivity contribution < 1.29 is 14.0 Å². The molecule has 2 amide bonds. The lowest BCUT2D eigenvalue weighted by Gasteiger charge is -2.22. The highest BCUT2D eigenvalue weighted by Gasteiger charge is 2.27. The number of anilines is 1. The number of rotatable bonds is 6. The number of hydrogen-bond donors (Lipinski definition) is 2. The molecular weight excluding hydrogens is 495 g/mol. The average molecular weight is 519 g/mol. The van der Waals surface area contributed by atoms with Crippen molar-refractivity contribution in [1.82, 2.24) is 25.0 Å². The number of nitrogens with one attached hydrogen (secondary N) is 2. The average Bonchev–Trinajstić information content (AvgIpc) is 3.60. The number of amides is 2. The van der Waals surface area contributed by atoms with Crippen LogP contribution in [0.1, 0.15) is 27.3 Å². The molecule has 0 bridgehead atoms. The van der Waals surface area contributed by atoms with Gasteiger partial charge < -0.3 is 15.5 Å². The van der Waals surface area contributed by atoms with E-state index in [4.69, 9.17) is 11.6 Å². The fraction of sp³-hybridized carbons (Fsp3) is 0.185. The fourth-order valence-electron chi connectivity index (χ4n) is 4.29. The van der Waals surface area contributed by atoms with E-state index in [1.54, 1.807) is 24.1 Å². The zero-order valence-electron chi connectivity index (χ0n) is 20.0. The topological polar surface area (TPSA) is 92.2 Å². The SMILES string of the molecule is CN(C(=O)c1cc(NC(=O)c2cc(-c3ncccc3F)ccc2Cl)n(-c2ccccc2)n1)C1CCNC1. The number of benzene rings is 2. The van der Waals surface area contributed by atoms with Gasteiger partial charge in [-0.1, -0.05) is 35.9 Å². The second-order valence-corrected chi connectivity index (χ2v) is 9.11. The maximum Gasteiger partial charge on any atom is 0.274 e. The van der Waals surface area contributed by atoms with Crippen LogP contribution < -0.4 is 10.6 Å². The zero-order chi connectivity index (χ0) is 25.9. The van der Waals surface area contributed by atoms with Gasteiger partial charge in [-0.15, -0.1) is 0 Å². The summed E-state index contributed by atoms with van der Waals surface area (Å²) < 4.78 is 15.8. The van der Waals surface area contributed by atoms with Gasteiger partial charge in [0.2, 0.25) is 0 Å². The van der Waals surface area contributed by atoms with Gasteiger partial charge in [-0.25, -0.2) is 9.07 Å². The third-order valence-corrected chi connectivity index (χ3v) is 6.65. The van der Waals surface area contributed by atoms with Crippen molar-refractivity contribution in [3.8, 4) is 16.9 Å². The molecule has 188 valence electrons. The van der Waals surface area contributed by atoms with Gasteiger partial charge in [0.25, 0.3) is 11.8 Å². The third kappa shape index (κ3) is 5.09. The van der Waals surface area contributed by atoms with Crippen LogP contribution in [0.5, 0.6) is 0 Å². The Morgan fingerprint density at radius 3 is 2.68 bits per heavy atom. The Morgan fingerprint density at radius 1 is 1.14 bits per heavy atom. The summed E-state index contributed by atoms with van der Waals surface area (Å²) in [4.78, 5) is 32.3. The molecule has 3 heterocycles. The molecule has 1 aliphatic heterocycles. The summed E-state index contributed by atoms with van der Waals surface area (Å²) in [5.41, 5.74) is 1.51. The van der Waals surface area contributed by atoms with Crippen molar-refractivity contribution in [2.24, 2.45) is 0 Å². The zero-order valence-corrected chi connectivity index (χ0v) is 20.7. The van der Waals surface area contributed by atoms with E-state index in [0.29, 0.717) is 17.1 Å². The summed E-state index contributed by atoms with van der Waals surface area (Å²) in [6, 6.07) is 18.2. The van der Waals surface area contributed by atoms with E-state index < -0.39 is 11.7 Å². The van der Waals surface area contributed by atoms with E-state index in [9.17, 15) is 14.0 Å². The standard InChI is InChI=1S/C27H24ClFN6O2/c1-34(19-11-13-30-16-19)27(37)23-15-24(35(33-23)18-6-3-2-4-7-18)32-26(36)20-14-17(9-10-21(20)28)25-22(29)8-5-12-31-25/h2-10,12,14-15,19,30H,11,13,16H2,1H3,(H,32,36). The normalized spacial score (nSPS) is 14.9. The predicted octanol–water partition coefficient (Wildman–Crippen LogP) is 4.41. The molecule has 2 aromatic carbocycles. The van der Waals surface area contributed by atoms with Gasteiger partial charge in [-0.3, -0.25) is 14.6 Å². The van der Waals surface area contributed by atoms with E-state index in [1.165, 1.54) is 35.1 Å².